The van der Waals surface area contributed by atoms with E-state index in [1.807, 2.05) is 24.5 Å². The van der Waals surface area contributed by atoms with E-state index in [0.717, 1.165) is 11.4 Å². The molecular formula is C14H11Cl2FN4S. The minimum Gasteiger partial charge on any atom is -0.304 e. The molecular weight excluding hydrogens is 346 g/mol. The molecule has 0 bridgehead atoms. The van der Waals surface area contributed by atoms with Crippen LogP contribution in [0.3, 0.4) is 0 Å². The molecule has 0 aliphatic rings. The first kappa shape index (κ1) is 15.5. The first-order valence-electron chi connectivity index (χ1n) is 6.46. The second kappa shape index (κ2) is 6.02. The molecule has 2 aromatic heterocycles. The zero-order chi connectivity index (χ0) is 15.9. The van der Waals surface area contributed by atoms with Crippen molar-refractivity contribution in [2.24, 2.45) is 0 Å². The largest absolute Gasteiger partial charge is 0.304 e. The van der Waals surface area contributed by atoms with E-state index < -0.39 is 0 Å². The van der Waals surface area contributed by atoms with Crippen molar-refractivity contribution in [2.45, 2.75) is 24.9 Å². The van der Waals surface area contributed by atoms with Crippen molar-refractivity contribution in [1.82, 2.24) is 19.5 Å². The van der Waals surface area contributed by atoms with Crippen molar-refractivity contribution < 1.29 is 3.89 Å². The lowest BCUT2D eigenvalue weighted by Gasteiger charge is -2.17. The van der Waals surface area contributed by atoms with Crippen LogP contribution in [0.5, 0.6) is 0 Å². The van der Waals surface area contributed by atoms with Gasteiger partial charge in [-0.05, 0) is 31.5 Å². The van der Waals surface area contributed by atoms with E-state index >= 15 is 0 Å². The molecule has 0 spiro atoms. The number of halogens is 3. The number of hydrogen-bond acceptors (Lipinski definition) is 4. The zero-order valence-electron chi connectivity index (χ0n) is 11.7. The molecule has 4 nitrogen and oxygen atoms in total. The van der Waals surface area contributed by atoms with Crippen LogP contribution < -0.4 is 0 Å². The fourth-order valence-electron chi connectivity index (χ4n) is 2.44. The zero-order valence-corrected chi connectivity index (χ0v) is 14.0. The number of imidazole rings is 1. The van der Waals surface area contributed by atoms with Crippen LogP contribution in [0.25, 0.3) is 11.3 Å². The van der Waals surface area contributed by atoms with Crippen LogP contribution in [0.15, 0.2) is 29.4 Å². The first-order chi connectivity index (χ1) is 10.5. The SMILES string of the molecule is Cc1nc2ncc(SF)nc2n1C(C)c1ccc(Cl)cc1Cl. The molecule has 22 heavy (non-hydrogen) atoms. The van der Waals surface area contributed by atoms with Crippen molar-refractivity contribution in [3.63, 3.8) is 0 Å². The lowest BCUT2D eigenvalue weighted by Crippen LogP contribution is -2.10. The number of benzene rings is 1. The molecule has 0 N–H and O–H groups in total. The monoisotopic (exact) mass is 356 g/mol. The third-order valence-electron chi connectivity index (χ3n) is 3.44. The van der Waals surface area contributed by atoms with Crippen LogP contribution in [0, 0.1) is 6.92 Å². The maximum atomic E-state index is 12.8. The summed E-state index contributed by atoms with van der Waals surface area (Å²) < 4.78 is 14.7. The van der Waals surface area contributed by atoms with Gasteiger partial charge in [0.2, 0.25) is 0 Å². The van der Waals surface area contributed by atoms with E-state index in [0.29, 0.717) is 21.3 Å². The molecule has 0 amide bonds. The second-order valence-corrected chi connectivity index (χ2v) is 6.22. The Bertz CT molecular complexity index is 852. The lowest BCUT2D eigenvalue weighted by molar-refractivity contribution is 0.631. The molecule has 0 aliphatic carbocycles. The maximum absolute atomic E-state index is 12.8. The summed E-state index contributed by atoms with van der Waals surface area (Å²) in [5.41, 5.74) is 1.89. The molecule has 0 saturated heterocycles. The van der Waals surface area contributed by atoms with E-state index in [1.165, 1.54) is 6.20 Å². The Balaban J connectivity index is 2.17. The summed E-state index contributed by atoms with van der Waals surface area (Å²) in [7, 11) is 0. The Morgan fingerprint density at radius 2 is 2.05 bits per heavy atom. The fourth-order valence-corrected chi connectivity index (χ4v) is 3.22. The molecule has 3 rings (SSSR count). The Hall–Kier alpha value is -1.37. The smallest absolute Gasteiger partial charge is 0.197 e. The van der Waals surface area contributed by atoms with Crippen LogP contribution in [0.1, 0.15) is 24.4 Å². The molecule has 114 valence electrons. The summed E-state index contributed by atoms with van der Waals surface area (Å²) in [4.78, 5) is 12.8. The van der Waals surface area contributed by atoms with Crippen molar-refractivity contribution >= 4 is 46.6 Å². The average Bonchev–Trinajstić information content (AvgIpc) is 2.81. The number of rotatable bonds is 3. The topological polar surface area (TPSA) is 43.6 Å². The highest BCUT2D eigenvalue weighted by Gasteiger charge is 2.19. The van der Waals surface area contributed by atoms with Crippen molar-refractivity contribution in [2.75, 3.05) is 0 Å². The summed E-state index contributed by atoms with van der Waals surface area (Å²) in [6, 6.07) is 5.20. The first-order valence-corrected chi connectivity index (χ1v) is 7.93. The maximum Gasteiger partial charge on any atom is 0.197 e. The third-order valence-corrected chi connectivity index (χ3v) is 4.35. The molecule has 0 aliphatic heterocycles. The molecule has 1 aromatic carbocycles. The summed E-state index contributed by atoms with van der Waals surface area (Å²) in [6.07, 6.45) is 1.36. The van der Waals surface area contributed by atoms with E-state index in [4.69, 9.17) is 23.2 Å². The third kappa shape index (κ3) is 2.66. The van der Waals surface area contributed by atoms with Gasteiger partial charge >= 0.3 is 0 Å². The van der Waals surface area contributed by atoms with E-state index in [-0.39, 0.29) is 23.2 Å². The van der Waals surface area contributed by atoms with Crippen LogP contribution in [0.4, 0.5) is 3.89 Å². The van der Waals surface area contributed by atoms with Gasteiger partial charge in [0, 0.05) is 10.0 Å². The number of aromatic nitrogens is 4. The Morgan fingerprint density at radius 1 is 1.27 bits per heavy atom. The van der Waals surface area contributed by atoms with Gasteiger partial charge in [-0.3, -0.25) is 0 Å². The molecule has 0 saturated carbocycles. The van der Waals surface area contributed by atoms with Gasteiger partial charge in [0.15, 0.2) is 11.3 Å². The van der Waals surface area contributed by atoms with Gasteiger partial charge in [-0.2, -0.15) is 3.89 Å². The standard InChI is InChI=1S/C14H11Cl2FN4S/c1-7(10-4-3-9(15)5-11(10)16)21-8(2)19-13-14(21)20-12(22-17)6-18-13/h3-7H,1-2H3. The Kier molecular flexibility index (Phi) is 4.25. The molecule has 1 atom stereocenters. The van der Waals surface area contributed by atoms with Gasteiger partial charge in [-0.1, -0.05) is 29.3 Å². The van der Waals surface area contributed by atoms with Crippen LogP contribution in [-0.2, 0) is 0 Å². The van der Waals surface area contributed by atoms with Crippen molar-refractivity contribution in [3.05, 3.63) is 45.8 Å². The predicted octanol–water partition coefficient (Wildman–Crippen LogP) is 5.03. The van der Waals surface area contributed by atoms with Gasteiger partial charge in [0.05, 0.1) is 12.2 Å². The minimum atomic E-state index is -0.135. The lowest BCUT2D eigenvalue weighted by atomic mass is 10.1. The molecule has 1 unspecified atom stereocenters. The summed E-state index contributed by atoms with van der Waals surface area (Å²) in [5.74, 6) is 0.731. The molecule has 2 heterocycles. The Labute approximate surface area is 141 Å². The average molecular weight is 357 g/mol. The van der Waals surface area contributed by atoms with Crippen LogP contribution >= 0.6 is 35.3 Å². The number of hydrogen-bond donors (Lipinski definition) is 0. The van der Waals surface area contributed by atoms with Gasteiger partial charge in [-0.25, -0.2) is 15.0 Å². The molecule has 0 fully saturated rings. The molecule has 0 radical (unpaired) electrons. The predicted molar refractivity (Wildman–Crippen MR) is 87.3 cm³/mol. The molecule has 8 heteroatoms. The van der Waals surface area contributed by atoms with E-state index in [9.17, 15) is 3.89 Å². The fraction of sp³-hybridized carbons (Fsp3) is 0.214. The highest BCUT2D eigenvalue weighted by Crippen LogP contribution is 2.31. The molecule has 3 aromatic rings. The minimum absolute atomic E-state index is 0.0560. The normalized spacial score (nSPS) is 12.8. The van der Waals surface area contributed by atoms with E-state index in [2.05, 4.69) is 15.0 Å². The Morgan fingerprint density at radius 3 is 2.73 bits per heavy atom. The second-order valence-electron chi connectivity index (χ2n) is 4.80. The summed E-state index contributed by atoms with van der Waals surface area (Å²) in [6.45, 7) is 3.83. The van der Waals surface area contributed by atoms with Crippen molar-refractivity contribution in [1.29, 1.82) is 0 Å². The van der Waals surface area contributed by atoms with Gasteiger partial charge in [0.1, 0.15) is 23.0 Å². The number of aryl methyl sites for hydroxylation is 1. The van der Waals surface area contributed by atoms with Gasteiger partial charge in [-0.15, -0.1) is 0 Å². The van der Waals surface area contributed by atoms with Gasteiger partial charge in [0.25, 0.3) is 0 Å². The highest BCUT2D eigenvalue weighted by atomic mass is 35.5. The highest BCUT2D eigenvalue weighted by molar-refractivity contribution is 7.94. The van der Waals surface area contributed by atoms with Gasteiger partial charge < -0.3 is 4.57 Å². The van der Waals surface area contributed by atoms with Crippen LogP contribution in [-0.4, -0.2) is 19.5 Å². The number of nitrogens with zero attached hydrogens (tertiary/aromatic N) is 4. The summed E-state index contributed by atoms with van der Waals surface area (Å²) in [5, 5.41) is 1.33. The van der Waals surface area contributed by atoms with Crippen LogP contribution in [0.2, 0.25) is 10.0 Å². The quantitative estimate of drug-likeness (QED) is 0.660. The number of fused-ring (bicyclic) bond motifs is 1. The van der Waals surface area contributed by atoms with Crippen molar-refractivity contribution in [3.8, 4) is 0 Å². The summed E-state index contributed by atoms with van der Waals surface area (Å²) >= 11 is 12.3. The van der Waals surface area contributed by atoms with E-state index in [1.54, 1.807) is 12.1 Å².